The molecule has 7 heteroatoms. The van der Waals surface area contributed by atoms with Gasteiger partial charge in [-0.3, -0.25) is 24.5 Å². The van der Waals surface area contributed by atoms with Crippen molar-refractivity contribution in [2.45, 2.75) is 38.3 Å². The summed E-state index contributed by atoms with van der Waals surface area (Å²) in [4.78, 5) is 49.6. The molecule has 1 fully saturated rings. The van der Waals surface area contributed by atoms with E-state index in [9.17, 15) is 19.2 Å². The predicted molar refractivity (Wildman–Crippen MR) is 93.8 cm³/mol. The Kier molecular flexibility index (Phi) is 4.35. The number of nitrogens with one attached hydrogen (secondary N) is 1. The SMILES string of the molecule is O=C1CCC(N2Cc3cc(CCC(=O)c4ccco4)ccc3C2=O)C(=O)N1. The summed E-state index contributed by atoms with van der Waals surface area (Å²) in [7, 11) is 0. The van der Waals surface area contributed by atoms with E-state index in [4.69, 9.17) is 4.42 Å². The zero-order valence-corrected chi connectivity index (χ0v) is 14.6. The number of benzene rings is 1. The molecule has 0 bridgehead atoms. The van der Waals surface area contributed by atoms with Gasteiger partial charge in [-0.05, 0) is 42.2 Å². The zero-order valence-electron chi connectivity index (χ0n) is 14.6. The molecule has 0 spiro atoms. The molecule has 0 saturated carbocycles. The Balaban J connectivity index is 1.45. The van der Waals surface area contributed by atoms with Gasteiger partial charge in [-0.2, -0.15) is 0 Å². The first kappa shape index (κ1) is 17.2. The van der Waals surface area contributed by atoms with Crippen LogP contribution in [0.1, 0.15) is 51.3 Å². The van der Waals surface area contributed by atoms with Gasteiger partial charge < -0.3 is 9.32 Å². The van der Waals surface area contributed by atoms with E-state index in [1.54, 1.807) is 18.2 Å². The quantitative estimate of drug-likeness (QED) is 0.643. The summed E-state index contributed by atoms with van der Waals surface area (Å²) in [5, 5.41) is 2.29. The highest BCUT2D eigenvalue weighted by Gasteiger charge is 2.39. The third-order valence-electron chi connectivity index (χ3n) is 5.02. The molecule has 3 heterocycles. The van der Waals surface area contributed by atoms with Gasteiger partial charge in [0.15, 0.2) is 11.5 Å². The Labute approximate surface area is 155 Å². The molecule has 1 aromatic carbocycles. The van der Waals surface area contributed by atoms with Crippen molar-refractivity contribution in [1.29, 1.82) is 0 Å². The fraction of sp³-hybridized carbons (Fsp3) is 0.300. The van der Waals surface area contributed by atoms with Crippen LogP contribution in [0.5, 0.6) is 0 Å². The van der Waals surface area contributed by atoms with Gasteiger partial charge in [0, 0.05) is 24.9 Å². The smallest absolute Gasteiger partial charge is 0.255 e. The molecule has 1 aromatic heterocycles. The lowest BCUT2D eigenvalue weighted by Crippen LogP contribution is -2.52. The van der Waals surface area contributed by atoms with Gasteiger partial charge in [0.1, 0.15) is 6.04 Å². The number of aryl methyl sites for hydroxylation is 1. The Morgan fingerprint density at radius 2 is 2.07 bits per heavy atom. The van der Waals surface area contributed by atoms with Crippen LogP contribution in [0.25, 0.3) is 0 Å². The molecule has 1 unspecified atom stereocenters. The minimum Gasteiger partial charge on any atom is -0.461 e. The predicted octanol–water partition coefficient (Wildman–Crippen LogP) is 1.86. The maximum Gasteiger partial charge on any atom is 0.255 e. The van der Waals surface area contributed by atoms with Gasteiger partial charge in [0.25, 0.3) is 5.91 Å². The lowest BCUT2D eigenvalue weighted by molar-refractivity contribution is -0.136. The number of carbonyl (C=O) groups excluding carboxylic acids is 4. The third-order valence-corrected chi connectivity index (χ3v) is 5.02. The average molecular weight is 366 g/mol. The second-order valence-electron chi connectivity index (χ2n) is 6.79. The van der Waals surface area contributed by atoms with E-state index in [2.05, 4.69) is 5.32 Å². The van der Waals surface area contributed by atoms with Gasteiger partial charge in [0.2, 0.25) is 11.8 Å². The molecule has 1 N–H and O–H groups in total. The number of piperidine rings is 1. The highest BCUT2D eigenvalue weighted by Crippen LogP contribution is 2.28. The number of carbonyl (C=O) groups is 4. The van der Waals surface area contributed by atoms with Crippen LogP contribution in [0.4, 0.5) is 0 Å². The highest BCUT2D eigenvalue weighted by molar-refractivity contribution is 6.05. The van der Waals surface area contributed by atoms with E-state index < -0.39 is 11.9 Å². The Bertz CT molecular complexity index is 932. The molecule has 7 nitrogen and oxygen atoms in total. The second-order valence-corrected chi connectivity index (χ2v) is 6.79. The monoisotopic (exact) mass is 366 g/mol. The van der Waals surface area contributed by atoms with E-state index in [0.29, 0.717) is 37.1 Å². The molecule has 1 saturated heterocycles. The number of furan rings is 1. The first-order valence-electron chi connectivity index (χ1n) is 8.86. The number of hydrogen-bond acceptors (Lipinski definition) is 5. The number of imide groups is 1. The molecule has 1 atom stereocenters. The molecule has 27 heavy (non-hydrogen) atoms. The number of fused-ring (bicyclic) bond motifs is 1. The molecule has 138 valence electrons. The summed E-state index contributed by atoms with van der Waals surface area (Å²) < 4.78 is 5.11. The van der Waals surface area contributed by atoms with Crippen molar-refractivity contribution in [1.82, 2.24) is 10.2 Å². The van der Waals surface area contributed by atoms with Gasteiger partial charge >= 0.3 is 0 Å². The van der Waals surface area contributed by atoms with E-state index in [1.807, 2.05) is 12.1 Å². The third kappa shape index (κ3) is 3.28. The summed E-state index contributed by atoms with van der Waals surface area (Å²) >= 11 is 0. The lowest BCUT2D eigenvalue weighted by Gasteiger charge is -2.29. The van der Waals surface area contributed by atoms with Crippen LogP contribution in [-0.2, 0) is 22.6 Å². The van der Waals surface area contributed by atoms with Crippen LogP contribution in [0.15, 0.2) is 41.0 Å². The van der Waals surface area contributed by atoms with Crippen molar-refractivity contribution in [3.63, 3.8) is 0 Å². The Morgan fingerprint density at radius 3 is 2.81 bits per heavy atom. The molecule has 2 aliphatic rings. The van der Waals surface area contributed by atoms with Gasteiger partial charge in [-0.1, -0.05) is 12.1 Å². The largest absolute Gasteiger partial charge is 0.461 e. The van der Waals surface area contributed by atoms with Crippen molar-refractivity contribution in [2.75, 3.05) is 0 Å². The summed E-state index contributed by atoms with van der Waals surface area (Å²) in [6.45, 7) is 0.334. The van der Waals surface area contributed by atoms with Gasteiger partial charge in [0.05, 0.1) is 6.26 Å². The van der Waals surface area contributed by atoms with Crippen LogP contribution in [0.3, 0.4) is 0 Å². The fourth-order valence-corrected chi connectivity index (χ4v) is 3.60. The number of Topliss-reactive ketones (excluding diaryl/α,β-unsaturated/α-hetero) is 1. The molecule has 2 aliphatic heterocycles. The summed E-state index contributed by atoms with van der Waals surface area (Å²) in [5.41, 5.74) is 2.36. The van der Waals surface area contributed by atoms with Crippen molar-refractivity contribution in [2.24, 2.45) is 0 Å². The molecule has 0 radical (unpaired) electrons. The van der Waals surface area contributed by atoms with Crippen molar-refractivity contribution < 1.29 is 23.6 Å². The van der Waals surface area contributed by atoms with E-state index in [1.165, 1.54) is 11.2 Å². The summed E-state index contributed by atoms with van der Waals surface area (Å²) in [6.07, 6.45) is 2.90. The van der Waals surface area contributed by atoms with Gasteiger partial charge in [-0.15, -0.1) is 0 Å². The number of hydrogen-bond donors (Lipinski definition) is 1. The highest BCUT2D eigenvalue weighted by atomic mass is 16.3. The van der Waals surface area contributed by atoms with Crippen molar-refractivity contribution in [3.05, 3.63) is 59.0 Å². The number of nitrogens with zero attached hydrogens (tertiary/aromatic N) is 1. The van der Waals surface area contributed by atoms with Crippen LogP contribution in [0.2, 0.25) is 0 Å². The number of amides is 3. The standard InChI is InChI=1S/C20H18N2O5/c23-16(17-2-1-9-27-17)7-4-12-3-5-14-13(10-12)11-22(20(14)26)15-6-8-18(24)21-19(15)25/h1-3,5,9-10,15H,4,6-8,11H2,(H,21,24,25). The van der Waals surface area contributed by atoms with Crippen LogP contribution in [0, 0.1) is 0 Å². The first-order chi connectivity index (χ1) is 13.0. The number of ketones is 1. The minimum absolute atomic E-state index is 0.0678. The molecular formula is C20H18N2O5. The Morgan fingerprint density at radius 1 is 1.22 bits per heavy atom. The zero-order chi connectivity index (χ0) is 19.0. The maximum absolute atomic E-state index is 12.7. The van der Waals surface area contributed by atoms with Crippen molar-refractivity contribution in [3.8, 4) is 0 Å². The second kappa shape index (κ2) is 6.83. The number of rotatable bonds is 5. The fourth-order valence-electron chi connectivity index (χ4n) is 3.60. The normalized spacial score (nSPS) is 19.2. The molecule has 3 amide bonds. The molecular weight excluding hydrogens is 348 g/mol. The maximum atomic E-state index is 12.7. The molecule has 2 aromatic rings. The van der Waals surface area contributed by atoms with E-state index in [0.717, 1.165) is 11.1 Å². The molecule has 0 aliphatic carbocycles. The lowest BCUT2D eigenvalue weighted by atomic mass is 10.0. The Hall–Kier alpha value is -3.22. The van der Waals surface area contributed by atoms with E-state index in [-0.39, 0.29) is 24.0 Å². The van der Waals surface area contributed by atoms with Crippen LogP contribution < -0.4 is 5.32 Å². The summed E-state index contributed by atoms with van der Waals surface area (Å²) in [5.74, 6) is -0.643. The average Bonchev–Trinajstić information content (AvgIpc) is 3.29. The van der Waals surface area contributed by atoms with E-state index >= 15 is 0 Å². The van der Waals surface area contributed by atoms with Crippen molar-refractivity contribution >= 4 is 23.5 Å². The first-order valence-corrected chi connectivity index (χ1v) is 8.86. The molecule has 4 rings (SSSR count). The minimum atomic E-state index is -0.619. The van der Waals surface area contributed by atoms with Crippen LogP contribution in [-0.4, -0.2) is 34.4 Å². The van der Waals surface area contributed by atoms with Gasteiger partial charge in [-0.25, -0.2) is 0 Å². The topological polar surface area (TPSA) is 96.7 Å². The summed E-state index contributed by atoms with van der Waals surface area (Å²) in [6, 6.07) is 8.19. The van der Waals surface area contributed by atoms with Crippen LogP contribution >= 0.6 is 0 Å².